The van der Waals surface area contributed by atoms with Crippen molar-refractivity contribution in [3.05, 3.63) is 0 Å². The number of hydrogen-bond donors (Lipinski definition) is 1. The van der Waals surface area contributed by atoms with Gasteiger partial charge in [0.1, 0.15) is 11.3 Å². The van der Waals surface area contributed by atoms with Gasteiger partial charge >= 0.3 is 10.2 Å². The lowest BCUT2D eigenvalue weighted by molar-refractivity contribution is -0.138. The van der Waals surface area contributed by atoms with Crippen molar-refractivity contribution in [3.8, 4) is 0 Å². The molecule has 2 unspecified atom stereocenters. The van der Waals surface area contributed by atoms with Gasteiger partial charge in [0.25, 0.3) is 0 Å². The van der Waals surface area contributed by atoms with Crippen LogP contribution in [0.4, 0.5) is 3.89 Å². The Hall–Kier alpha value is -1.18. The van der Waals surface area contributed by atoms with Crippen molar-refractivity contribution < 1.29 is 21.9 Å². The van der Waals surface area contributed by atoms with Gasteiger partial charge in [-0.25, -0.2) is 0 Å². The van der Waals surface area contributed by atoms with Gasteiger partial charge in [0.15, 0.2) is 0 Å². The van der Waals surface area contributed by atoms with Crippen molar-refractivity contribution in [2.45, 2.75) is 30.6 Å². The van der Waals surface area contributed by atoms with E-state index in [-0.39, 0.29) is 18.9 Å². The van der Waals surface area contributed by atoms with E-state index in [0.717, 1.165) is 6.42 Å². The molecule has 0 spiro atoms. The van der Waals surface area contributed by atoms with Gasteiger partial charge < -0.3 is 10.2 Å². The van der Waals surface area contributed by atoms with Crippen LogP contribution < -0.4 is 5.32 Å². The van der Waals surface area contributed by atoms with E-state index in [9.17, 15) is 21.9 Å². The highest BCUT2D eigenvalue weighted by molar-refractivity contribution is 7.87. The van der Waals surface area contributed by atoms with Crippen LogP contribution in [0.3, 0.4) is 0 Å². The van der Waals surface area contributed by atoms with E-state index in [4.69, 9.17) is 0 Å². The minimum Gasteiger partial charge on any atom is -0.354 e. The Morgan fingerprint density at radius 1 is 1.35 bits per heavy atom. The summed E-state index contributed by atoms with van der Waals surface area (Å²) in [5.41, 5.74) is 0. The summed E-state index contributed by atoms with van der Waals surface area (Å²) in [6.45, 7) is 0.331. The minimum absolute atomic E-state index is 0.226. The molecule has 2 atom stereocenters. The third-order valence-corrected chi connectivity index (χ3v) is 4.27. The predicted octanol–water partition coefficient (Wildman–Crippen LogP) is -0.835. The SMILES string of the molecule is O=C1NCCCC1N1CC(S(=O)(=O)F)CC1=O. The standard InChI is InChI=1S/C9H13FN2O4S/c10-17(15,16)6-4-8(13)12(5-6)7-2-1-3-11-9(7)14/h6-7H,1-5H2,(H,11,14). The van der Waals surface area contributed by atoms with Gasteiger partial charge in [-0.3, -0.25) is 9.59 Å². The molecule has 0 aromatic rings. The summed E-state index contributed by atoms with van der Waals surface area (Å²) < 4.78 is 34.3. The number of halogens is 1. The highest BCUT2D eigenvalue weighted by atomic mass is 32.3. The number of carbonyl (C=O) groups excluding carboxylic acids is 2. The molecular weight excluding hydrogens is 251 g/mol. The van der Waals surface area contributed by atoms with Crippen LogP contribution in [0.25, 0.3) is 0 Å². The second-order valence-electron chi connectivity index (χ2n) is 4.30. The Kier molecular flexibility index (Phi) is 3.07. The van der Waals surface area contributed by atoms with E-state index in [2.05, 4.69) is 5.32 Å². The first-order valence-corrected chi connectivity index (χ1v) is 6.85. The number of piperidine rings is 1. The van der Waals surface area contributed by atoms with Crippen molar-refractivity contribution in [3.63, 3.8) is 0 Å². The molecule has 6 nitrogen and oxygen atoms in total. The summed E-state index contributed by atoms with van der Waals surface area (Å²) in [7, 11) is -4.72. The smallest absolute Gasteiger partial charge is 0.307 e. The molecule has 17 heavy (non-hydrogen) atoms. The Morgan fingerprint density at radius 2 is 2.06 bits per heavy atom. The molecule has 0 aliphatic carbocycles. The fourth-order valence-corrected chi connectivity index (χ4v) is 2.92. The van der Waals surface area contributed by atoms with Crippen molar-refractivity contribution in [1.29, 1.82) is 0 Å². The van der Waals surface area contributed by atoms with E-state index in [1.54, 1.807) is 0 Å². The molecule has 96 valence electrons. The number of nitrogens with zero attached hydrogens (tertiary/aromatic N) is 1. The zero-order valence-corrected chi connectivity index (χ0v) is 9.87. The fourth-order valence-electron chi connectivity index (χ4n) is 2.24. The lowest BCUT2D eigenvalue weighted by atomic mass is 10.1. The van der Waals surface area contributed by atoms with Gasteiger partial charge in [-0.1, -0.05) is 0 Å². The van der Waals surface area contributed by atoms with Crippen LogP contribution in [0.15, 0.2) is 0 Å². The van der Waals surface area contributed by atoms with Crippen LogP contribution in [0.2, 0.25) is 0 Å². The third-order valence-electron chi connectivity index (χ3n) is 3.15. The number of carbonyl (C=O) groups is 2. The molecular formula is C9H13FN2O4S. The molecule has 2 saturated heterocycles. The first-order chi connectivity index (χ1) is 7.89. The molecule has 2 aliphatic rings. The average molecular weight is 264 g/mol. The van der Waals surface area contributed by atoms with Crippen LogP contribution in [-0.4, -0.2) is 49.5 Å². The summed E-state index contributed by atoms with van der Waals surface area (Å²) >= 11 is 0. The van der Waals surface area contributed by atoms with Gasteiger partial charge in [0.05, 0.1) is 0 Å². The predicted molar refractivity (Wildman–Crippen MR) is 56.2 cm³/mol. The highest BCUT2D eigenvalue weighted by Crippen LogP contribution is 2.24. The quantitative estimate of drug-likeness (QED) is 0.659. The average Bonchev–Trinajstić information content (AvgIpc) is 2.61. The Labute approximate surface area is 98.4 Å². The largest absolute Gasteiger partial charge is 0.354 e. The molecule has 2 heterocycles. The molecule has 1 N–H and O–H groups in total. The second-order valence-corrected chi connectivity index (χ2v) is 5.91. The van der Waals surface area contributed by atoms with Crippen LogP contribution >= 0.6 is 0 Å². The van der Waals surface area contributed by atoms with E-state index < -0.39 is 27.4 Å². The van der Waals surface area contributed by atoms with E-state index in [1.807, 2.05) is 0 Å². The number of nitrogens with one attached hydrogen (secondary N) is 1. The first-order valence-electron chi connectivity index (χ1n) is 5.40. The van der Waals surface area contributed by atoms with Gasteiger partial charge in [0, 0.05) is 19.5 Å². The van der Waals surface area contributed by atoms with E-state index in [1.165, 1.54) is 4.90 Å². The molecule has 2 amide bonds. The summed E-state index contributed by atoms with van der Waals surface area (Å²) in [6, 6.07) is -0.650. The van der Waals surface area contributed by atoms with Crippen molar-refractivity contribution in [2.75, 3.05) is 13.1 Å². The Morgan fingerprint density at radius 3 is 2.59 bits per heavy atom. The molecule has 0 saturated carbocycles. The maximum atomic E-state index is 12.8. The molecule has 0 bridgehead atoms. The summed E-state index contributed by atoms with van der Waals surface area (Å²) in [5.74, 6) is -0.764. The molecule has 0 aromatic heterocycles. The topological polar surface area (TPSA) is 83.6 Å². The van der Waals surface area contributed by atoms with Crippen LogP contribution in [0, 0.1) is 0 Å². The molecule has 2 fully saturated rings. The van der Waals surface area contributed by atoms with Crippen molar-refractivity contribution >= 4 is 22.0 Å². The normalized spacial score (nSPS) is 30.5. The fraction of sp³-hybridized carbons (Fsp3) is 0.778. The summed E-state index contributed by atoms with van der Waals surface area (Å²) in [6.07, 6.45) is 0.854. The monoisotopic (exact) mass is 264 g/mol. The zero-order chi connectivity index (χ0) is 12.6. The van der Waals surface area contributed by atoms with Gasteiger partial charge in [0.2, 0.25) is 11.8 Å². The number of amides is 2. The van der Waals surface area contributed by atoms with Crippen molar-refractivity contribution in [2.24, 2.45) is 0 Å². The highest BCUT2D eigenvalue weighted by Gasteiger charge is 2.43. The Balaban J connectivity index is 2.12. The van der Waals surface area contributed by atoms with Crippen molar-refractivity contribution in [1.82, 2.24) is 10.2 Å². The maximum absolute atomic E-state index is 12.8. The minimum atomic E-state index is -4.72. The number of likely N-dealkylation sites (tertiary alicyclic amines) is 1. The number of hydrogen-bond acceptors (Lipinski definition) is 4. The van der Waals surface area contributed by atoms with Gasteiger partial charge in [-0.15, -0.1) is 3.89 Å². The van der Waals surface area contributed by atoms with E-state index in [0.29, 0.717) is 13.0 Å². The lowest BCUT2D eigenvalue weighted by Crippen LogP contribution is -2.51. The summed E-state index contributed by atoms with van der Waals surface area (Å²) in [5, 5.41) is 1.28. The second kappa shape index (κ2) is 4.25. The van der Waals surface area contributed by atoms with Crippen LogP contribution in [0.5, 0.6) is 0 Å². The Bertz CT molecular complexity index is 450. The molecule has 8 heteroatoms. The molecule has 2 aliphatic heterocycles. The van der Waals surface area contributed by atoms with Crippen LogP contribution in [-0.2, 0) is 19.8 Å². The van der Waals surface area contributed by atoms with Crippen LogP contribution in [0.1, 0.15) is 19.3 Å². The third kappa shape index (κ3) is 2.41. The number of rotatable bonds is 2. The molecule has 2 rings (SSSR count). The molecule has 0 aromatic carbocycles. The lowest BCUT2D eigenvalue weighted by Gasteiger charge is -2.30. The maximum Gasteiger partial charge on any atom is 0.307 e. The van der Waals surface area contributed by atoms with Gasteiger partial charge in [-0.2, -0.15) is 8.42 Å². The van der Waals surface area contributed by atoms with E-state index >= 15 is 0 Å². The van der Waals surface area contributed by atoms with Gasteiger partial charge in [-0.05, 0) is 12.8 Å². The first kappa shape index (κ1) is 12.3. The summed E-state index contributed by atoms with van der Waals surface area (Å²) in [4.78, 5) is 24.3. The zero-order valence-electron chi connectivity index (χ0n) is 9.06. The molecule has 0 radical (unpaired) electrons.